The molecule has 1 aromatic heterocycles. The molecular weight excluding hydrogens is 400 g/mol. The van der Waals surface area contributed by atoms with Gasteiger partial charge in [0.1, 0.15) is 11.4 Å². The summed E-state index contributed by atoms with van der Waals surface area (Å²) in [6.45, 7) is 1.67. The maximum atomic E-state index is 13.2. The molecule has 3 aromatic rings. The number of carbonyl (C=O) groups excluding carboxylic acids is 1. The topological polar surface area (TPSA) is 51.1 Å². The molecule has 0 radical (unpaired) electrons. The van der Waals surface area contributed by atoms with Crippen LogP contribution in [0, 0.1) is 12.7 Å². The summed E-state index contributed by atoms with van der Waals surface area (Å²) < 4.78 is 53.8. The summed E-state index contributed by atoms with van der Waals surface area (Å²) in [6.07, 6.45) is -3.24. The summed E-state index contributed by atoms with van der Waals surface area (Å²) in [6, 6.07) is 12.6. The number of carbonyl (C=O) groups is 1. The Hall–Kier alpha value is -3.42. The fraction of sp³-hybridized carbons (Fsp3) is 0.182. The van der Waals surface area contributed by atoms with Crippen LogP contribution in [0.25, 0.3) is 0 Å². The number of nitrogens with one attached hydrogen (secondary N) is 1. The highest BCUT2D eigenvalue weighted by Crippen LogP contribution is 2.32. The molecule has 8 heteroatoms. The monoisotopic (exact) mass is 418 g/mol. The van der Waals surface area contributed by atoms with Gasteiger partial charge in [-0.3, -0.25) is 9.59 Å². The number of hydrogen-bond acceptors (Lipinski definition) is 2. The normalized spacial score (nSPS) is 11.4. The third kappa shape index (κ3) is 4.94. The molecule has 0 saturated carbocycles. The fourth-order valence-corrected chi connectivity index (χ4v) is 3.08. The van der Waals surface area contributed by atoms with E-state index in [2.05, 4.69) is 5.32 Å². The smallest absolute Gasteiger partial charge is 0.348 e. The Morgan fingerprint density at radius 3 is 2.53 bits per heavy atom. The van der Waals surface area contributed by atoms with Crippen LogP contribution in [0.1, 0.15) is 32.6 Å². The van der Waals surface area contributed by atoms with E-state index in [4.69, 9.17) is 0 Å². The Morgan fingerprint density at radius 1 is 1.07 bits per heavy atom. The minimum Gasteiger partial charge on any atom is -0.348 e. The third-order valence-corrected chi connectivity index (χ3v) is 4.52. The Morgan fingerprint density at radius 2 is 1.83 bits per heavy atom. The second-order valence-electron chi connectivity index (χ2n) is 6.83. The first-order chi connectivity index (χ1) is 14.1. The molecule has 1 N–H and O–H groups in total. The second-order valence-corrected chi connectivity index (χ2v) is 6.83. The number of amides is 1. The van der Waals surface area contributed by atoms with Crippen LogP contribution >= 0.6 is 0 Å². The Bertz CT molecular complexity index is 1140. The lowest BCUT2D eigenvalue weighted by atomic mass is 10.1. The van der Waals surface area contributed by atoms with Gasteiger partial charge in [0.2, 0.25) is 0 Å². The highest BCUT2D eigenvalue weighted by atomic mass is 19.4. The minimum absolute atomic E-state index is 0.194. The van der Waals surface area contributed by atoms with Crippen LogP contribution < -0.4 is 10.9 Å². The van der Waals surface area contributed by atoms with Crippen LogP contribution in [0.5, 0.6) is 0 Å². The van der Waals surface area contributed by atoms with E-state index >= 15 is 0 Å². The van der Waals surface area contributed by atoms with Gasteiger partial charge in [-0.2, -0.15) is 13.2 Å². The summed E-state index contributed by atoms with van der Waals surface area (Å²) in [4.78, 5) is 25.1. The van der Waals surface area contributed by atoms with Gasteiger partial charge in [0.15, 0.2) is 0 Å². The van der Waals surface area contributed by atoms with Crippen LogP contribution in [0.3, 0.4) is 0 Å². The van der Waals surface area contributed by atoms with Crippen LogP contribution in [-0.2, 0) is 19.3 Å². The molecule has 30 heavy (non-hydrogen) atoms. The average Bonchev–Trinajstić information content (AvgIpc) is 2.68. The van der Waals surface area contributed by atoms with Crippen LogP contribution in [0.2, 0.25) is 0 Å². The molecule has 0 saturated heterocycles. The first-order valence-electron chi connectivity index (χ1n) is 9.04. The Labute approximate surface area is 169 Å². The largest absolute Gasteiger partial charge is 0.416 e. The van der Waals surface area contributed by atoms with Crippen molar-refractivity contribution in [3.63, 3.8) is 0 Å². The molecule has 1 heterocycles. The van der Waals surface area contributed by atoms with Crippen molar-refractivity contribution in [2.45, 2.75) is 26.2 Å². The Balaban J connectivity index is 1.80. The van der Waals surface area contributed by atoms with Gasteiger partial charge in [-0.05, 0) is 42.3 Å². The number of alkyl halides is 3. The zero-order chi connectivity index (χ0) is 21.9. The maximum Gasteiger partial charge on any atom is 0.416 e. The van der Waals surface area contributed by atoms with Gasteiger partial charge in [0.05, 0.1) is 12.1 Å². The van der Waals surface area contributed by atoms with Gasteiger partial charge in [0, 0.05) is 12.7 Å². The van der Waals surface area contributed by atoms with E-state index < -0.39 is 35.6 Å². The number of nitrogens with zero attached hydrogens (tertiary/aromatic N) is 1. The van der Waals surface area contributed by atoms with E-state index in [1.165, 1.54) is 22.9 Å². The van der Waals surface area contributed by atoms with Crippen molar-refractivity contribution in [2.24, 2.45) is 0 Å². The number of rotatable bonds is 5. The summed E-state index contributed by atoms with van der Waals surface area (Å²) >= 11 is 0. The average molecular weight is 418 g/mol. The number of aromatic nitrogens is 1. The van der Waals surface area contributed by atoms with Crippen molar-refractivity contribution in [3.05, 3.63) is 105 Å². The van der Waals surface area contributed by atoms with E-state index in [1.807, 2.05) is 31.2 Å². The molecule has 0 aliphatic heterocycles. The van der Waals surface area contributed by atoms with Crippen molar-refractivity contribution in [2.75, 3.05) is 0 Å². The highest BCUT2D eigenvalue weighted by Gasteiger charge is 2.33. The van der Waals surface area contributed by atoms with Gasteiger partial charge < -0.3 is 9.88 Å². The van der Waals surface area contributed by atoms with Gasteiger partial charge in [0.25, 0.3) is 11.5 Å². The molecule has 0 aliphatic carbocycles. The number of pyridine rings is 1. The van der Waals surface area contributed by atoms with Crippen molar-refractivity contribution in [1.29, 1.82) is 0 Å². The van der Waals surface area contributed by atoms with Crippen LogP contribution in [0.4, 0.5) is 17.6 Å². The van der Waals surface area contributed by atoms with Crippen molar-refractivity contribution in [1.82, 2.24) is 9.88 Å². The van der Waals surface area contributed by atoms with E-state index in [1.54, 1.807) is 0 Å². The van der Waals surface area contributed by atoms with Gasteiger partial charge in [-0.1, -0.05) is 35.9 Å². The number of aryl methyl sites for hydroxylation is 1. The molecule has 0 atom stereocenters. The molecule has 0 spiro atoms. The van der Waals surface area contributed by atoms with E-state index in [0.29, 0.717) is 6.07 Å². The van der Waals surface area contributed by atoms with Crippen molar-refractivity contribution in [3.8, 4) is 0 Å². The van der Waals surface area contributed by atoms with Gasteiger partial charge >= 0.3 is 6.18 Å². The quantitative estimate of drug-likeness (QED) is 0.629. The molecule has 2 aromatic carbocycles. The van der Waals surface area contributed by atoms with Crippen LogP contribution in [0.15, 0.2) is 65.6 Å². The van der Waals surface area contributed by atoms with Crippen molar-refractivity contribution >= 4 is 5.91 Å². The van der Waals surface area contributed by atoms with E-state index in [0.717, 1.165) is 23.3 Å². The molecule has 1 amide bonds. The maximum absolute atomic E-state index is 13.2. The van der Waals surface area contributed by atoms with Gasteiger partial charge in [-0.15, -0.1) is 0 Å². The molecule has 0 aliphatic rings. The zero-order valence-corrected chi connectivity index (χ0v) is 16.0. The predicted molar refractivity (Wildman–Crippen MR) is 104 cm³/mol. The van der Waals surface area contributed by atoms with E-state index in [9.17, 15) is 27.2 Å². The molecule has 0 unspecified atom stereocenters. The van der Waals surface area contributed by atoms with E-state index in [-0.39, 0.29) is 17.7 Å². The zero-order valence-electron chi connectivity index (χ0n) is 16.0. The summed E-state index contributed by atoms with van der Waals surface area (Å²) in [5.74, 6) is -1.84. The lowest BCUT2D eigenvalue weighted by molar-refractivity contribution is -0.138. The predicted octanol–water partition coefficient (Wildman–Crippen LogP) is 4.29. The van der Waals surface area contributed by atoms with Gasteiger partial charge in [-0.25, -0.2) is 4.39 Å². The number of benzene rings is 2. The minimum atomic E-state index is -4.77. The molecule has 0 fully saturated rings. The van der Waals surface area contributed by atoms with Crippen LogP contribution in [-0.4, -0.2) is 10.5 Å². The summed E-state index contributed by atoms with van der Waals surface area (Å²) in [5.41, 5.74) is -0.335. The Kier molecular flexibility index (Phi) is 6.05. The highest BCUT2D eigenvalue weighted by molar-refractivity contribution is 5.93. The standard InChI is InChI=1S/C22H18F4N2O2/c1-14-4-2-5-15(10-14)13-28-9-3-6-18(21(28)30)20(29)27-12-16-7-8-17(23)11-19(16)22(24,25)26/h2-11H,12-13H2,1H3,(H,27,29). The SMILES string of the molecule is Cc1cccc(Cn2cccc(C(=O)NCc3ccc(F)cc3C(F)(F)F)c2=O)c1. The fourth-order valence-electron chi connectivity index (χ4n) is 3.08. The number of hydrogen-bond donors (Lipinski definition) is 1. The molecule has 4 nitrogen and oxygen atoms in total. The lowest BCUT2D eigenvalue weighted by Crippen LogP contribution is -2.33. The molecule has 156 valence electrons. The molecule has 0 bridgehead atoms. The second kappa shape index (κ2) is 8.52. The molecular formula is C22H18F4N2O2. The molecule has 3 rings (SSSR count). The summed E-state index contributed by atoms with van der Waals surface area (Å²) in [7, 11) is 0. The lowest BCUT2D eigenvalue weighted by Gasteiger charge is -2.14. The first kappa shape index (κ1) is 21.3. The first-order valence-corrected chi connectivity index (χ1v) is 9.04. The number of halogens is 4. The summed E-state index contributed by atoms with van der Waals surface area (Å²) in [5, 5.41) is 2.31. The van der Waals surface area contributed by atoms with Crippen molar-refractivity contribution < 1.29 is 22.4 Å². The third-order valence-electron chi connectivity index (χ3n) is 4.52.